The van der Waals surface area contributed by atoms with E-state index in [9.17, 15) is 9.59 Å². The second-order valence-corrected chi connectivity index (χ2v) is 4.14. The van der Waals surface area contributed by atoms with Crippen LogP contribution in [0.15, 0.2) is 23.3 Å². The van der Waals surface area contributed by atoms with Crippen molar-refractivity contribution in [2.75, 3.05) is 13.7 Å². The quantitative estimate of drug-likeness (QED) is 0.554. The molecule has 18 heavy (non-hydrogen) atoms. The van der Waals surface area contributed by atoms with Crippen molar-refractivity contribution in [1.29, 1.82) is 0 Å². The number of ether oxygens (including phenoxy) is 3. The van der Waals surface area contributed by atoms with Gasteiger partial charge in [-0.25, -0.2) is 9.59 Å². The molecule has 2 atom stereocenters. The van der Waals surface area contributed by atoms with Crippen molar-refractivity contribution in [3.8, 4) is 0 Å². The van der Waals surface area contributed by atoms with Crippen LogP contribution in [0.5, 0.6) is 0 Å². The van der Waals surface area contributed by atoms with Crippen molar-refractivity contribution in [3.05, 3.63) is 23.3 Å². The molecule has 5 heteroatoms. The molecule has 5 nitrogen and oxygen atoms in total. The van der Waals surface area contributed by atoms with Crippen LogP contribution in [0, 0.1) is 0 Å². The molecule has 0 aromatic rings. The SMILES string of the molecule is CCOC(=O)C1=C(C(=O)OC)C2C=CC1(CC)O2. The zero-order chi connectivity index (χ0) is 13.3. The number of esters is 2. The predicted molar refractivity (Wildman–Crippen MR) is 62.7 cm³/mol. The summed E-state index contributed by atoms with van der Waals surface area (Å²) in [6, 6.07) is 0. The Hall–Kier alpha value is -1.62. The lowest BCUT2D eigenvalue weighted by molar-refractivity contribution is -0.141. The van der Waals surface area contributed by atoms with Crippen LogP contribution >= 0.6 is 0 Å². The minimum Gasteiger partial charge on any atom is -0.466 e. The average molecular weight is 252 g/mol. The van der Waals surface area contributed by atoms with E-state index in [4.69, 9.17) is 14.2 Å². The summed E-state index contributed by atoms with van der Waals surface area (Å²) in [7, 11) is 1.28. The summed E-state index contributed by atoms with van der Waals surface area (Å²) >= 11 is 0. The fraction of sp³-hybridized carbons (Fsp3) is 0.538. The molecule has 0 aliphatic carbocycles. The van der Waals surface area contributed by atoms with Gasteiger partial charge in [-0.05, 0) is 19.4 Å². The minimum absolute atomic E-state index is 0.255. The summed E-state index contributed by atoms with van der Waals surface area (Å²) in [5.41, 5.74) is -0.285. The number of carbonyl (C=O) groups is 2. The molecule has 0 amide bonds. The summed E-state index contributed by atoms with van der Waals surface area (Å²) in [6.45, 7) is 3.87. The molecule has 0 aromatic heterocycles. The van der Waals surface area contributed by atoms with E-state index >= 15 is 0 Å². The fourth-order valence-electron chi connectivity index (χ4n) is 2.41. The minimum atomic E-state index is -0.833. The van der Waals surface area contributed by atoms with Crippen LogP contribution in [-0.2, 0) is 23.8 Å². The molecule has 2 unspecified atom stereocenters. The Labute approximate surface area is 105 Å². The van der Waals surface area contributed by atoms with Crippen molar-refractivity contribution in [3.63, 3.8) is 0 Å². The molecule has 0 saturated heterocycles. The Kier molecular flexibility index (Phi) is 3.26. The van der Waals surface area contributed by atoms with E-state index in [0.717, 1.165) is 0 Å². The van der Waals surface area contributed by atoms with Crippen LogP contribution < -0.4 is 0 Å². The zero-order valence-corrected chi connectivity index (χ0v) is 10.7. The normalized spacial score (nSPS) is 28.7. The van der Waals surface area contributed by atoms with Crippen LogP contribution in [0.25, 0.3) is 0 Å². The maximum absolute atomic E-state index is 12.0. The monoisotopic (exact) mass is 252 g/mol. The number of hydrogen-bond acceptors (Lipinski definition) is 5. The largest absolute Gasteiger partial charge is 0.466 e. The van der Waals surface area contributed by atoms with Crippen LogP contribution in [0.4, 0.5) is 0 Å². The van der Waals surface area contributed by atoms with Gasteiger partial charge in [0.25, 0.3) is 0 Å². The van der Waals surface area contributed by atoms with Gasteiger partial charge < -0.3 is 14.2 Å². The Bertz CT molecular complexity index is 448. The van der Waals surface area contributed by atoms with Crippen LogP contribution in [0.1, 0.15) is 20.3 Å². The number of carbonyl (C=O) groups excluding carboxylic acids is 2. The maximum atomic E-state index is 12.0. The Morgan fingerprint density at radius 2 is 2.11 bits per heavy atom. The van der Waals surface area contributed by atoms with E-state index in [1.165, 1.54) is 7.11 Å². The molecular weight excluding hydrogens is 236 g/mol. The van der Waals surface area contributed by atoms with Crippen molar-refractivity contribution < 1.29 is 23.8 Å². The lowest BCUT2D eigenvalue weighted by atomic mass is 9.85. The molecule has 0 N–H and O–H groups in total. The Morgan fingerprint density at radius 1 is 1.39 bits per heavy atom. The summed E-state index contributed by atoms with van der Waals surface area (Å²) < 4.78 is 15.5. The van der Waals surface area contributed by atoms with E-state index in [0.29, 0.717) is 6.42 Å². The van der Waals surface area contributed by atoms with Gasteiger partial charge in [-0.15, -0.1) is 0 Å². The lowest BCUT2D eigenvalue weighted by Gasteiger charge is -2.23. The second-order valence-electron chi connectivity index (χ2n) is 4.14. The van der Waals surface area contributed by atoms with Gasteiger partial charge in [0.05, 0.1) is 24.9 Å². The van der Waals surface area contributed by atoms with Gasteiger partial charge in [0, 0.05) is 0 Å². The smallest absolute Gasteiger partial charge is 0.337 e. The topological polar surface area (TPSA) is 61.8 Å². The molecule has 98 valence electrons. The molecular formula is C13H16O5. The highest BCUT2D eigenvalue weighted by atomic mass is 16.6. The lowest BCUT2D eigenvalue weighted by Crippen LogP contribution is -2.32. The van der Waals surface area contributed by atoms with Gasteiger partial charge in [-0.2, -0.15) is 0 Å². The van der Waals surface area contributed by atoms with Crippen LogP contribution in [-0.4, -0.2) is 37.4 Å². The molecule has 0 aromatic carbocycles. The van der Waals surface area contributed by atoms with Crippen molar-refractivity contribution in [2.24, 2.45) is 0 Å². The standard InChI is InChI=1S/C13H16O5/c1-4-13-7-6-8(18-13)9(11(14)16-3)10(13)12(15)17-5-2/h6-8H,4-5H2,1-3H3. The molecule has 2 heterocycles. The molecule has 0 fully saturated rings. The third-order valence-corrected chi connectivity index (χ3v) is 3.26. The molecule has 2 aliphatic rings. The summed E-state index contributed by atoms with van der Waals surface area (Å²) in [5, 5.41) is 0. The van der Waals surface area contributed by atoms with Crippen LogP contribution in [0.3, 0.4) is 0 Å². The Morgan fingerprint density at radius 3 is 2.67 bits per heavy atom. The van der Waals surface area contributed by atoms with Crippen LogP contribution in [0.2, 0.25) is 0 Å². The molecule has 2 aliphatic heterocycles. The first-order valence-electron chi connectivity index (χ1n) is 5.97. The average Bonchev–Trinajstić information content (AvgIpc) is 2.94. The number of rotatable bonds is 4. The highest BCUT2D eigenvalue weighted by Crippen LogP contribution is 2.45. The zero-order valence-electron chi connectivity index (χ0n) is 10.7. The van der Waals surface area contributed by atoms with Gasteiger partial charge in [0.15, 0.2) is 0 Å². The molecule has 0 spiro atoms. The molecule has 2 bridgehead atoms. The number of hydrogen-bond donors (Lipinski definition) is 0. The highest BCUT2D eigenvalue weighted by molar-refractivity contribution is 6.05. The second kappa shape index (κ2) is 4.57. The van der Waals surface area contributed by atoms with Gasteiger partial charge in [0.1, 0.15) is 11.7 Å². The van der Waals surface area contributed by atoms with Gasteiger partial charge in [-0.1, -0.05) is 13.0 Å². The Balaban J connectivity index is 2.47. The maximum Gasteiger partial charge on any atom is 0.337 e. The summed E-state index contributed by atoms with van der Waals surface area (Å²) in [5.74, 6) is -1.05. The van der Waals surface area contributed by atoms with Gasteiger partial charge >= 0.3 is 11.9 Å². The van der Waals surface area contributed by atoms with E-state index in [1.807, 2.05) is 13.0 Å². The fourth-order valence-corrected chi connectivity index (χ4v) is 2.41. The van der Waals surface area contributed by atoms with E-state index < -0.39 is 23.6 Å². The van der Waals surface area contributed by atoms with Crippen molar-refractivity contribution in [1.82, 2.24) is 0 Å². The first-order valence-corrected chi connectivity index (χ1v) is 5.97. The van der Waals surface area contributed by atoms with Crippen molar-refractivity contribution in [2.45, 2.75) is 32.0 Å². The first kappa shape index (κ1) is 12.8. The molecule has 0 saturated carbocycles. The number of fused-ring (bicyclic) bond motifs is 2. The summed E-state index contributed by atoms with van der Waals surface area (Å²) in [6.07, 6.45) is 3.65. The highest BCUT2D eigenvalue weighted by Gasteiger charge is 2.53. The third kappa shape index (κ3) is 1.66. The van der Waals surface area contributed by atoms with Crippen molar-refractivity contribution >= 4 is 11.9 Å². The number of methoxy groups -OCH3 is 1. The predicted octanol–water partition coefficient (Wildman–Crippen LogP) is 1.14. The molecule has 0 radical (unpaired) electrons. The summed E-state index contributed by atoms with van der Waals surface area (Å²) in [4.78, 5) is 23.8. The van der Waals surface area contributed by atoms with Gasteiger partial charge in [0.2, 0.25) is 0 Å². The third-order valence-electron chi connectivity index (χ3n) is 3.26. The van der Waals surface area contributed by atoms with E-state index in [-0.39, 0.29) is 17.8 Å². The van der Waals surface area contributed by atoms with Gasteiger partial charge in [-0.3, -0.25) is 0 Å². The van der Waals surface area contributed by atoms with E-state index in [1.54, 1.807) is 13.0 Å². The first-order chi connectivity index (χ1) is 8.59. The molecule has 2 rings (SSSR count). The van der Waals surface area contributed by atoms with E-state index in [2.05, 4.69) is 0 Å².